The van der Waals surface area contributed by atoms with E-state index in [1.54, 1.807) is 32.9 Å². The maximum Gasteiger partial charge on any atom is 0.408 e. The number of nitrogens with one attached hydrogen (secondary N) is 1. The molecule has 2 atom stereocenters. The van der Waals surface area contributed by atoms with Crippen molar-refractivity contribution in [2.75, 3.05) is 18.6 Å². The van der Waals surface area contributed by atoms with Gasteiger partial charge in [0.25, 0.3) is 5.91 Å². The Labute approximate surface area is 171 Å². The van der Waals surface area contributed by atoms with E-state index in [0.717, 1.165) is 0 Å². The smallest absolute Gasteiger partial charge is 0.408 e. The first-order valence-electron chi connectivity index (χ1n) is 9.74. The summed E-state index contributed by atoms with van der Waals surface area (Å²) in [4.78, 5) is 40.2. The molecule has 1 saturated heterocycles. The van der Waals surface area contributed by atoms with Crippen LogP contribution in [0.25, 0.3) is 0 Å². The largest absolute Gasteiger partial charge is 0.508 e. The lowest BCUT2D eigenvalue weighted by Crippen LogP contribution is -2.61. The van der Waals surface area contributed by atoms with Crippen molar-refractivity contribution in [2.45, 2.75) is 58.1 Å². The standard InChI is InChI=1S/C21H30N2O6/c1-6-7-16(17(25)28-5)21(22-19(27)29-20(2,3)4)12-13-23(18(21)26)14-8-10-15(24)11-9-14/h8-11,16,24H,6-7,12-13H2,1-5H3,(H,22,27). The van der Waals surface area contributed by atoms with Crippen molar-refractivity contribution in [1.82, 2.24) is 5.32 Å². The fourth-order valence-corrected chi connectivity index (χ4v) is 3.62. The number of alkyl carbamates (subject to hydrolysis) is 1. The highest BCUT2D eigenvalue weighted by atomic mass is 16.6. The Morgan fingerprint density at radius 1 is 1.28 bits per heavy atom. The van der Waals surface area contributed by atoms with Crippen molar-refractivity contribution in [2.24, 2.45) is 5.92 Å². The fraction of sp³-hybridized carbons (Fsp3) is 0.571. The molecule has 0 aromatic heterocycles. The third-order valence-electron chi connectivity index (χ3n) is 4.90. The van der Waals surface area contributed by atoms with E-state index in [1.165, 1.54) is 24.1 Å². The van der Waals surface area contributed by atoms with Gasteiger partial charge in [-0.25, -0.2) is 4.79 Å². The van der Waals surface area contributed by atoms with E-state index in [-0.39, 0.29) is 12.2 Å². The minimum atomic E-state index is -1.47. The number of carbonyl (C=O) groups is 3. The molecule has 0 bridgehead atoms. The minimum absolute atomic E-state index is 0.0805. The summed E-state index contributed by atoms with van der Waals surface area (Å²) in [6, 6.07) is 6.19. The number of hydrogen-bond acceptors (Lipinski definition) is 6. The number of esters is 1. The van der Waals surface area contributed by atoms with Gasteiger partial charge in [0.1, 0.15) is 16.9 Å². The molecule has 0 saturated carbocycles. The third kappa shape index (κ3) is 4.99. The highest BCUT2D eigenvalue weighted by Gasteiger charge is 2.56. The molecule has 1 aromatic rings. The molecule has 2 unspecified atom stereocenters. The van der Waals surface area contributed by atoms with Crippen LogP contribution in [-0.2, 0) is 19.1 Å². The summed E-state index contributed by atoms with van der Waals surface area (Å²) >= 11 is 0. The SMILES string of the molecule is CCCC(C(=O)OC)C1(NC(=O)OC(C)(C)C)CCN(c2ccc(O)cc2)C1=O. The average molecular weight is 406 g/mol. The molecule has 29 heavy (non-hydrogen) atoms. The van der Waals surface area contributed by atoms with Gasteiger partial charge in [-0.05, 0) is 57.9 Å². The van der Waals surface area contributed by atoms with Gasteiger partial charge in [0.2, 0.25) is 0 Å². The van der Waals surface area contributed by atoms with Gasteiger partial charge in [0, 0.05) is 12.2 Å². The fourth-order valence-electron chi connectivity index (χ4n) is 3.62. The normalized spacial score (nSPS) is 20.3. The number of nitrogens with zero attached hydrogens (tertiary/aromatic N) is 1. The number of rotatable bonds is 6. The molecule has 2 N–H and O–H groups in total. The van der Waals surface area contributed by atoms with E-state index in [9.17, 15) is 19.5 Å². The van der Waals surface area contributed by atoms with E-state index >= 15 is 0 Å². The van der Waals surface area contributed by atoms with Crippen molar-refractivity contribution in [1.29, 1.82) is 0 Å². The van der Waals surface area contributed by atoms with Crippen LogP contribution >= 0.6 is 0 Å². The van der Waals surface area contributed by atoms with E-state index in [2.05, 4.69) is 5.32 Å². The van der Waals surface area contributed by atoms with Crippen molar-refractivity contribution in [3.05, 3.63) is 24.3 Å². The lowest BCUT2D eigenvalue weighted by Gasteiger charge is -2.35. The van der Waals surface area contributed by atoms with Crippen LogP contribution in [0.3, 0.4) is 0 Å². The molecule has 2 amide bonds. The van der Waals surface area contributed by atoms with Gasteiger partial charge in [-0.15, -0.1) is 0 Å². The number of benzene rings is 1. The van der Waals surface area contributed by atoms with Crippen molar-refractivity contribution in [3.63, 3.8) is 0 Å². The number of phenols is 1. The topological polar surface area (TPSA) is 105 Å². The Bertz CT molecular complexity index is 755. The Morgan fingerprint density at radius 3 is 2.41 bits per heavy atom. The zero-order chi connectivity index (χ0) is 21.8. The van der Waals surface area contributed by atoms with Gasteiger partial charge in [-0.2, -0.15) is 0 Å². The average Bonchev–Trinajstić information content (AvgIpc) is 2.95. The second kappa shape index (κ2) is 8.71. The predicted molar refractivity (Wildman–Crippen MR) is 108 cm³/mol. The number of aromatic hydroxyl groups is 1. The summed E-state index contributed by atoms with van der Waals surface area (Å²) in [5.74, 6) is -1.72. The van der Waals surface area contributed by atoms with Crippen LogP contribution in [0.15, 0.2) is 24.3 Å². The van der Waals surface area contributed by atoms with Crippen molar-refractivity contribution >= 4 is 23.7 Å². The highest BCUT2D eigenvalue weighted by molar-refractivity contribution is 6.06. The lowest BCUT2D eigenvalue weighted by molar-refractivity contribution is -0.151. The minimum Gasteiger partial charge on any atom is -0.508 e. The maximum atomic E-state index is 13.5. The molecular weight excluding hydrogens is 376 g/mol. The molecule has 0 aliphatic carbocycles. The number of anilines is 1. The lowest BCUT2D eigenvalue weighted by atomic mass is 9.79. The second-order valence-corrected chi connectivity index (χ2v) is 8.19. The predicted octanol–water partition coefficient (Wildman–Crippen LogP) is 2.98. The van der Waals surface area contributed by atoms with Crippen LogP contribution in [0.5, 0.6) is 5.75 Å². The number of phenolic OH excluding ortho intramolecular Hbond substituents is 1. The van der Waals surface area contributed by atoms with E-state index in [1.807, 2.05) is 6.92 Å². The molecule has 8 nitrogen and oxygen atoms in total. The van der Waals surface area contributed by atoms with Gasteiger partial charge in [-0.3, -0.25) is 9.59 Å². The van der Waals surface area contributed by atoms with E-state index in [4.69, 9.17) is 9.47 Å². The Hall–Kier alpha value is -2.77. The molecule has 1 aliphatic heterocycles. The summed E-state index contributed by atoms with van der Waals surface area (Å²) in [5.41, 5.74) is -1.65. The zero-order valence-electron chi connectivity index (χ0n) is 17.7. The first-order chi connectivity index (χ1) is 13.5. The Kier molecular flexibility index (Phi) is 6.77. The maximum absolute atomic E-state index is 13.5. The van der Waals surface area contributed by atoms with Crippen LogP contribution in [0.1, 0.15) is 47.0 Å². The molecule has 0 radical (unpaired) electrons. The summed E-state index contributed by atoms with van der Waals surface area (Å²) in [7, 11) is 1.27. The molecule has 1 aliphatic rings. The van der Waals surface area contributed by atoms with E-state index in [0.29, 0.717) is 25.1 Å². The zero-order valence-corrected chi connectivity index (χ0v) is 17.7. The van der Waals surface area contributed by atoms with Gasteiger partial charge in [0.15, 0.2) is 0 Å². The summed E-state index contributed by atoms with van der Waals surface area (Å²) < 4.78 is 10.3. The van der Waals surface area contributed by atoms with Gasteiger partial charge in [0.05, 0.1) is 13.0 Å². The number of methoxy groups -OCH3 is 1. The van der Waals surface area contributed by atoms with Crippen LogP contribution < -0.4 is 10.2 Å². The number of hydrogen-bond donors (Lipinski definition) is 2. The first-order valence-corrected chi connectivity index (χ1v) is 9.74. The van der Waals surface area contributed by atoms with Crippen LogP contribution in [-0.4, -0.2) is 47.9 Å². The molecule has 1 heterocycles. The molecule has 1 fully saturated rings. The number of ether oxygens (including phenoxy) is 2. The molecule has 8 heteroatoms. The third-order valence-corrected chi connectivity index (χ3v) is 4.90. The number of carbonyl (C=O) groups excluding carboxylic acids is 3. The highest BCUT2D eigenvalue weighted by Crippen LogP contribution is 2.37. The molecule has 0 spiro atoms. The van der Waals surface area contributed by atoms with Crippen molar-refractivity contribution in [3.8, 4) is 5.75 Å². The summed E-state index contributed by atoms with van der Waals surface area (Å²) in [5, 5.41) is 12.2. The quantitative estimate of drug-likeness (QED) is 0.704. The molecule has 1 aromatic carbocycles. The molecule has 160 valence electrons. The Morgan fingerprint density at radius 2 is 1.90 bits per heavy atom. The van der Waals surface area contributed by atoms with Gasteiger partial charge in [-0.1, -0.05) is 13.3 Å². The van der Waals surface area contributed by atoms with Crippen molar-refractivity contribution < 1.29 is 29.0 Å². The monoisotopic (exact) mass is 406 g/mol. The van der Waals surface area contributed by atoms with Crippen LogP contribution in [0.4, 0.5) is 10.5 Å². The van der Waals surface area contributed by atoms with Crippen LogP contribution in [0, 0.1) is 5.92 Å². The molecular formula is C21H30N2O6. The van der Waals surface area contributed by atoms with E-state index < -0.39 is 35.0 Å². The molecule has 2 rings (SSSR count). The van der Waals surface area contributed by atoms with Gasteiger partial charge >= 0.3 is 12.1 Å². The second-order valence-electron chi connectivity index (χ2n) is 8.19. The summed E-state index contributed by atoms with van der Waals surface area (Å²) in [6.45, 7) is 7.37. The van der Waals surface area contributed by atoms with Gasteiger partial charge < -0.3 is 24.8 Å². The Balaban J connectivity index is 2.44. The summed E-state index contributed by atoms with van der Waals surface area (Å²) in [6.07, 6.45) is 0.469. The van der Waals surface area contributed by atoms with Crippen LogP contribution in [0.2, 0.25) is 0 Å². The number of amides is 2. The first kappa shape index (κ1) is 22.5.